The van der Waals surface area contributed by atoms with Crippen LogP contribution in [0.25, 0.3) is 0 Å². The Balaban J connectivity index is 2.53. The highest BCUT2D eigenvalue weighted by molar-refractivity contribution is 7.80. The molecule has 6 heteroatoms. The van der Waals surface area contributed by atoms with Gasteiger partial charge in [-0.3, -0.25) is 9.89 Å². The fourth-order valence-electron chi connectivity index (χ4n) is 0.890. The summed E-state index contributed by atoms with van der Waals surface area (Å²) in [5.74, 6) is -0.184. The van der Waals surface area contributed by atoms with E-state index in [1.807, 2.05) is 0 Å². The molecule has 0 unspecified atom stereocenters. The van der Waals surface area contributed by atoms with Gasteiger partial charge in [-0.25, -0.2) is 0 Å². The first-order valence-corrected chi connectivity index (χ1v) is 4.91. The summed E-state index contributed by atoms with van der Waals surface area (Å²) in [5.41, 5.74) is 5.56. The van der Waals surface area contributed by atoms with Crippen LogP contribution in [0.15, 0.2) is 12.4 Å². The third-order valence-corrected chi connectivity index (χ3v) is 2.70. The van der Waals surface area contributed by atoms with Gasteiger partial charge in [0.25, 0.3) is 0 Å². The van der Waals surface area contributed by atoms with Gasteiger partial charge in [-0.2, -0.15) is 5.10 Å². The second-order valence-corrected chi connectivity index (χ2v) is 4.22. The molecular weight excluding hydrogens is 212 g/mol. The smallest absolute Gasteiger partial charge is 0.232 e. The van der Waals surface area contributed by atoms with Crippen molar-refractivity contribution in [2.75, 3.05) is 0 Å². The maximum Gasteiger partial charge on any atom is 0.232 e. The molecule has 82 valence electrons. The predicted molar refractivity (Wildman–Crippen MR) is 61.0 cm³/mol. The Labute approximate surface area is 93.4 Å². The molecule has 1 amide bonds. The van der Waals surface area contributed by atoms with Gasteiger partial charge in [0.2, 0.25) is 5.91 Å². The van der Waals surface area contributed by atoms with E-state index in [-0.39, 0.29) is 10.9 Å². The number of nitrogens with zero attached hydrogens (tertiary/aromatic N) is 1. The highest BCUT2D eigenvalue weighted by atomic mass is 32.1. The molecule has 0 spiro atoms. The summed E-state index contributed by atoms with van der Waals surface area (Å²) >= 11 is 4.82. The number of carbonyl (C=O) groups is 1. The van der Waals surface area contributed by atoms with E-state index in [1.165, 1.54) is 0 Å². The second kappa shape index (κ2) is 4.39. The molecule has 0 atom stereocenters. The zero-order valence-electron chi connectivity index (χ0n) is 8.70. The van der Waals surface area contributed by atoms with Gasteiger partial charge in [0, 0.05) is 18.3 Å². The monoisotopic (exact) mass is 226 g/mol. The standard InChI is InChI=1S/C9H14N4OS/c1-9(2,7(10)15)8(14)11-3-6-4-12-13-5-6/h4-5H,3H2,1-2H3,(H2,10,15)(H,11,14)(H,12,13). The Morgan fingerprint density at radius 2 is 2.40 bits per heavy atom. The molecule has 5 nitrogen and oxygen atoms in total. The molecule has 0 aromatic carbocycles. The molecule has 1 heterocycles. The summed E-state index contributed by atoms with van der Waals surface area (Å²) in [6.07, 6.45) is 3.36. The SMILES string of the molecule is CC(C)(C(=O)NCc1cn[nH]c1)C(N)=S. The first-order valence-electron chi connectivity index (χ1n) is 4.50. The van der Waals surface area contributed by atoms with Crippen LogP contribution in [0.3, 0.4) is 0 Å². The molecule has 0 aliphatic carbocycles. The first kappa shape index (κ1) is 11.6. The van der Waals surface area contributed by atoms with Crippen LogP contribution in [0.4, 0.5) is 0 Å². The average molecular weight is 226 g/mol. The zero-order chi connectivity index (χ0) is 11.5. The van der Waals surface area contributed by atoms with Gasteiger partial charge in [-0.1, -0.05) is 12.2 Å². The lowest BCUT2D eigenvalue weighted by Gasteiger charge is -2.21. The maximum atomic E-state index is 11.7. The fraction of sp³-hybridized carbons (Fsp3) is 0.444. The van der Waals surface area contributed by atoms with Crippen LogP contribution < -0.4 is 11.1 Å². The van der Waals surface area contributed by atoms with Crippen LogP contribution in [-0.2, 0) is 11.3 Å². The normalized spacial score (nSPS) is 11.1. The second-order valence-electron chi connectivity index (χ2n) is 3.78. The maximum absolute atomic E-state index is 11.7. The summed E-state index contributed by atoms with van der Waals surface area (Å²) in [6.45, 7) is 3.81. The Morgan fingerprint density at radius 1 is 1.73 bits per heavy atom. The van der Waals surface area contributed by atoms with E-state index in [1.54, 1.807) is 26.2 Å². The summed E-state index contributed by atoms with van der Waals surface area (Å²) < 4.78 is 0. The highest BCUT2D eigenvalue weighted by Crippen LogP contribution is 2.15. The number of H-pyrrole nitrogens is 1. The largest absolute Gasteiger partial charge is 0.392 e. The number of carbonyl (C=O) groups excluding carboxylic acids is 1. The first-order chi connectivity index (χ1) is 6.94. The van der Waals surface area contributed by atoms with Crippen molar-refractivity contribution in [3.05, 3.63) is 18.0 Å². The van der Waals surface area contributed by atoms with Gasteiger partial charge in [-0.15, -0.1) is 0 Å². The van der Waals surface area contributed by atoms with Crippen molar-refractivity contribution < 1.29 is 4.79 Å². The van der Waals surface area contributed by atoms with Crippen LogP contribution in [0, 0.1) is 5.41 Å². The van der Waals surface area contributed by atoms with Crippen LogP contribution in [0.2, 0.25) is 0 Å². The quantitative estimate of drug-likeness (QED) is 0.646. The van der Waals surface area contributed by atoms with Gasteiger partial charge >= 0.3 is 0 Å². The summed E-state index contributed by atoms with van der Waals surface area (Å²) in [6, 6.07) is 0. The fourth-order valence-corrected chi connectivity index (χ4v) is 0.982. The van der Waals surface area contributed by atoms with Crippen molar-refractivity contribution in [2.45, 2.75) is 20.4 Å². The number of nitrogens with one attached hydrogen (secondary N) is 2. The van der Waals surface area contributed by atoms with E-state index in [0.29, 0.717) is 6.54 Å². The Bertz CT molecular complexity index is 358. The molecule has 0 bridgehead atoms. The lowest BCUT2D eigenvalue weighted by atomic mass is 9.92. The molecule has 15 heavy (non-hydrogen) atoms. The molecule has 1 aromatic heterocycles. The molecule has 0 radical (unpaired) electrons. The molecule has 0 saturated heterocycles. The lowest BCUT2D eigenvalue weighted by molar-refractivity contribution is -0.126. The van der Waals surface area contributed by atoms with Crippen molar-refractivity contribution in [1.29, 1.82) is 0 Å². The number of aromatic amines is 1. The third-order valence-electron chi connectivity index (χ3n) is 2.19. The van der Waals surface area contributed by atoms with E-state index in [4.69, 9.17) is 18.0 Å². The minimum absolute atomic E-state index is 0.184. The predicted octanol–water partition coefficient (Wildman–Crippen LogP) is 0.338. The average Bonchev–Trinajstić information content (AvgIpc) is 2.66. The van der Waals surface area contributed by atoms with Gasteiger partial charge in [0.1, 0.15) is 0 Å². The number of rotatable bonds is 4. The molecular formula is C9H14N4OS. The number of hydrogen-bond donors (Lipinski definition) is 3. The van der Waals surface area contributed by atoms with E-state index in [0.717, 1.165) is 5.56 Å². The molecule has 0 aliphatic heterocycles. The minimum atomic E-state index is -0.820. The topological polar surface area (TPSA) is 83.8 Å². The van der Waals surface area contributed by atoms with Crippen molar-refractivity contribution >= 4 is 23.1 Å². The number of aromatic nitrogens is 2. The summed E-state index contributed by atoms with van der Waals surface area (Å²) in [4.78, 5) is 11.9. The van der Waals surface area contributed by atoms with Gasteiger partial charge < -0.3 is 11.1 Å². The Hall–Kier alpha value is -1.43. The minimum Gasteiger partial charge on any atom is -0.392 e. The Kier molecular flexibility index (Phi) is 3.41. The van der Waals surface area contributed by atoms with Crippen molar-refractivity contribution in [1.82, 2.24) is 15.5 Å². The van der Waals surface area contributed by atoms with Gasteiger partial charge in [0.15, 0.2) is 0 Å². The summed E-state index contributed by atoms with van der Waals surface area (Å²) in [5, 5.41) is 9.17. The molecule has 4 N–H and O–H groups in total. The van der Waals surface area contributed by atoms with Crippen molar-refractivity contribution in [3.63, 3.8) is 0 Å². The van der Waals surface area contributed by atoms with Crippen LogP contribution in [0.1, 0.15) is 19.4 Å². The lowest BCUT2D eigenvalue weighted by Crippen LogP contribution is -2.44. The number of thiocarbonyl (C=S) groups is 1. The highest BCUT2D eigenvalue weighted by Gasteiger charge is 2.30. The van der Waals surface area contributed by atoms with E-state index >= 15 is 0 Å². The van der Waals surface area contributed by atoms with Gasteiger partial charge in [0.05, 0.1) is 16.6 Å². The van der Waals surface area contributed by atoms with E-state index in [9.17, 15) is 4.79 Å². The molecule has 1 rings (SSSR count). The molecule has 0 aliphatic rings. The van der Waals surface area contributed by atoms with E-state index in [2.05, 4.69) is 15.5 Å². The molecule has 0 fully saturated rings. The van der Waals surface area contributed by atoms with Crippen molar-refractivity contribution in [3.8, 4) is 0 Å². The van der Waals surface area contributed by atoms with Crippen LogP contribution in [0.5, 0.6) is 0 Å². The third kappa shape index (κ3) is 2.76. The Morgan fingerprint density at radius 3 is 2.87 bits per heavy atom. The molecule has 1 aromatic rings. The van der Waals surface area contributed by atoms with Crippen LogP contribution in [-0.4, -0.2) is 21.1 Å². The number of hydrogen-bond acceptors (Lipinski definition) is 3. The molecule has 0 saturated carbocycles. The van der Waals surface area contributed by atoms with E-state index < -0.39 is 5.41 Å². The van der Waals surface area contributed by atoms with Crippen molar-refractivity contribution in [2.24, 2.45) is 11.1 Å². The number of amides is 1. The number of nitrogens with two attached hydrogens (primary N) is 1. The summed E-state index contributed by atoms with van der Waals surface area (Å²) in [7, 11) is 0. The van der Waals surface area contributed by atoms with Crippen LogP contribution >= 0.6 is 12.2 Å². The zero-order valence-corrected chi connectivity index (χ0v) is 9.52. The van der Waals surface area contributed by atoms with Gasteiger partial charge in [-0.05, 0) is 13.8 Å².